The zero-order valence-electron chi connectivity index (χ0n) is 15.9. The summed E-state index contributed by atoms with van der Waals surface area (Å²) in [5, 5.41) is 3.37. The number of carbonyl (C=O) groups excluding carboxylic acids is 1. The van der Waals surface area contributed by atoms with Gasteiger partial charge in [0.25, 0.3) is 5.91 Å². The summed E-state index contributed by atoms with van der Waals surface area (Å²) in [6.45, 7) is 11.8. The molecule has 0 aromatic carbocycles. The van der Waals surface area contributed by atoms with Crippen LogP contribution < -0.4 is 5.32 Å². The molecule has 1 unspecified atom stereocenters. The third-order valence-corrected chi connectivity index (χ3v) is 4.71. The third-order valence-electron chi connectivity index (χ3n) is 4.71. The lowest BCUT2D eigenvalue weighted by Crippen LogP contribution is -2.55. The quantitative estimate of drug-likeness (QED) is 0.357. The predicted octanol–water partition coefficient (Wildman–Crippen LogP) is 0.845. The molecule has 0 aromatic heterocycles. The SMILES string of the molecule is CCNC(=NCCN(C)CC)N1CCN(C(=O)C2CCCO2)CC1.I. The van der Waals surface area contributed by atoms with E-state index in [1.807, 2.05) is 4.90 Å². The summed E-state index contributed by atoms with van der Waals surface area (Å²) >= 11 is 0. The Balaban J connectivity index is 0.00000312. The van der Waals surface area contributed by atoms with Crippen LogP contribution in [-0.2, 0) is 9.53 Å². The van der Waals surface area contributed by atoms with Crippen molar-refractivity contribution >= 4 is 35.8 Å². The molecule has 0 radical (unpaired) electrons. The molecule has 2 saturated heterocycles. The van der Waals surface area contributed by atoms with Gasteiger partial charge in [0, 0.05) is 45.9 Å². The first kappa shape index (κ1) is 22.4. The maximum Gasteiger partial charge on any atom is 0.251 e. The summed E-state index contributed by atoms with van der Waals surface area (Å²) < 4.78 is 5.52. The number of guanidine groups is 1. The number of halogens is 1. The van der Waals surface area contributed by atoms with Gasteiger partial charge in [0.15, 0.2) is 5.96 Å². The van der Waals surface area contributed by atoms with E-state index < -0.39 is 0 Å². The number of piperazine rings is 1. The first-order valence-corrected chi connectivity index (χ1v) is 9.27. The summed E-state index contributed by atoms with van der Waals surface area (Å²) in [6.07, 6.45) is 1.66. The van der Waals surface area contributed by atoms with E-state index in [0.29, 0.717) is 0 Å². The number of rotatable bonds is 6. The van der Waals surface area contributed by atoms with Gasteiger partial charge >= 0.3 is 0 Å². The van der Waals surface area contributed by atoms with Crippen LogP contribution in [0, 0.1) is 0 Å². The van der Waals surface area contributed by atoms with Crippen molar-refractivity contribution in [3.8, 4) is 0 Å². The number of nitrogens with zero attached hydrogens (tertiary/aromatic N) is 4. The summed E-state index contributed by atoms with van der Waals surface area (Å²) in [7, 11) is 2.11. The molecule has 146 valence electrons. The molecule has 2 aliphatic rings. The zero-order valence-corrected chi connectivity index (χ0v) is 18.2. The average Bonchev–Trinajstić information content (AvgIpc) is 3.15. The molecule has 2 aliphatic heterocycles. The number of carbonyl (C=O) groups is 1. The standard InChI is InChI=1S/C17H33N5O2.HI/c1-4-18-17(19-8-9-20(3)5-2)22-12-10-21(11-13-22)16(23)15-7-6-14-24-15;/h15H,4-14H2,1-3H3,(H,18,19);1H. The highest BCUT2D eigenvalue weighted by atomic mass is 127. The van der Waals surface area contributed by atoms with Crippen molar-refractivity contribution in [2.45, 2.75) is 32.8 Å². The maximum atomic E-state index is 12.4. The fourth-order valence-corrected chi connectivity index (χ4v) is 3.03. The van der Waals surface area contributed by atoms with E-state index >= 15 is 0 Å². The second-order valence-electron chi connectivity index (χ2n) is 6.45. The van der Waals surface area contributed by atoms with E-state index in [2.05, 4.69) is 36.0 Å². The van der Waals surface area contributed by atoms with Crippen LogP contribution in [0.2, 0.25) is 0 Å². The Bertz CT molecular complexity index is 421. The van der Waals surface area contributed by atoms with Gasteiger partial charge < -0.3 is 24.8 Å². The van der Waals surface area contributed by atoms with E-state index in [4.69, 9.17) is 9.73 Å². The molecule has 2 fully saturated rings. The van der Waals surface area contributed by atoms with Crippen LogP contribution in [0.5, 0.6) is 0 Å². The van der Waals surface area contributed by atoms with Crippen LogP contribution in [0.3, 0.4) is 0 Å². The van der Waals surface area contributed by atoms with Crippen molar-refractivity contribution in [2.75, 3.05) is 66.0 Å². The molecule has 2 rings (SSSR count). The molecule has 0 bridgehead atoms. The highest BCUT2D eigenvalue weighted by molar-refractivity contribution is 14.0. The Labute approximate surface area is 169 Å². The number of nitrogens with one attached hydrogen (secondary N) is 1. The Hall–Kier alpha value is -0.610. The zero-order chi connectivity index (χ0) is 17.4. The van der Waals surface area contributed by atoms with Gasteiger partial charge in [-0.3, -0.25) is 9.79 Å². The van der Waals surface area contributed by atoms with Gasteiger partial charge in [-0.25, -0.2) is 0 Å². The minimum absolute atomic E-state index is 0. The Kier molecular flexibility index (Phi) is 10.7. The van der Waals surface area contributed by atoms with Gasteiger partial charge in [-0.1, -0.05) is 6.92 Å². The number of hydrogen-bond donors (Lipinski definition) is 1. The van der Waals surface area contributed by atoms with Crippen molar-refractivity contribution in [2.24, 2.45) is 4.99 Å². The molecule has 25 heavy (non-hydrogen) atoms. The van der Waals surface area contributed by atoms with Gasteiger partial charge in [-0.15, -0.1) is 24.0 Å². The molecule has 7 nitrogen and oxygen atoms in total. The lowest BCUT2D eigenvalue weighted by molar-refractivity contribution is -0.142. The van der Waals surface area contributed by atoms with Crippen LogP contribution in [0.15, 0.2) is 4.99 Å². The van der Waals surface area contributed by atoms with E-state index in [1.54, 1.807) is 0 Å². The van der Waals surface area contributed by atoms with Crippen molar-refractivity contribution in [1.29, 1.82) is 0 Å². The molecule has 0 saturated carbocycles. The Morgan fingerprint density at radius 3 is 2.48 bits per heavy atom. The number of hydrogen-bond acceptors (Lipinski definition) is 4. The summed E-state index contributed by atoms with van der Waals surface area (Å²) in [4.78, 5) is 23.6. The van der Waals surface area contributed by atoms with Crippen LogP contribution in [0.4, 0.5) is 0 Å². The fourth-order valence-electron chi connectivity index (χ4n) is 3.03. The topological polar surface area (TPSA) is 60.4 Å². The molecule has 1 amide bonds. The number of amides is 1. The maximum absolute atomic E-state index is 12.4. The van der Waals surface area contributed by atoms with Crippen LogP contribution >= 0.6 is 24.0 Å². The monoisotopic (exact) mass is 467 g/mol. The number of ether oxygens (including phenoxy) is 1. The van der Waals surface area contributed by atoms with Gasteiger partial charge in [0.05, 0.1) is 6.54 Å². The largest absolute Gasteiger partial charge is 0.368 e. The van der Waals surface area contributed by atoms with Crippen molar-refractivity contribution < 1.29 is 9.53 Å². The first-order valence-electron chi connectivity index (χ1n) is 9.27. The van der Waals surface area contributed by atoms with Crippen LogP contribution in [0.25, 0.3) is 0 Å². The van der Waals surface area contributed by atoms with E-state index in [-0.39, 0.29) is 36.0 Å². The van der Waals surface area contributed by atoms with E-state index in [0.717, 1.165) is 77.8 Å². The number of likely N-dealkylation sites (N-methyl/N-ethyl adjacent to an activating group) is 1. The molecule has 0 aromatic rings. The highest BCUT2D eigenvalue weighted by Crippen LogP contribution is 2.16. The first-order chi connectivity index (χ1) is 11.7. The molecule has 1 N–H and O–H groups in total. The van der Waals surface area contributed by atoms with Gasteiger partial charge in [-0.2, -0.15) is 0 Å². The molecular weight excluding hydrogens is 433 g/mol. The van der Waals surface area contributed by atoms with Crippen LogP contribution in [-0.4, -0.2) is 98.7 Å². The lowest BCUT2D eigenvalue weighted by Gasteiger charge is -2.37. The predicted molar refractivity (Wildman–Crippen MR) is 112 cm³/mol. The summed E-state index contributed by atoms with van der Waals surface area (Å²) in [5.74, 6) is 1.13. The second-order valence-corrected chi connectivity index (χ2v) is 6.45. The van der Waals surface area contributed by atoms with Gasteiger partial charge in [-0.05, 0) is 33.4 Å². The molecule has 1 atom stereocenters. The molecule has 0 aliphatic carbocycles. The Morgan fingerprint density at radius 2 is 1.92 bits per heavy atom. The minimum Gasteiger partial charge on any atom is -0.368 e. The Morgan fingerprint density at radius 1 is 1.24 bits per heavy atom. The molecule has 0 spiro atoms. The summed E-state index contributed by atoms with van der Waals surface area (Å²) in [6, 6.07) is 0. The van der Waals surface area contributed by atoms with E-state index in [9.17, 15) is 4.79 Å². The lowest BCUT2D eigenvalue weighted by atomic mass is 10.2. The molecular formula is C17H34IN5O2. The summed E-state index contributed by atoms with van der Waals surface area (Å²) in [5.41, 5.74) is 0. The highest BCUT2D eigenvalue weighted by Gasteiger charge is 2.30. The molecule has 2 heterocycles. The van der Waals surface area contributed by atoms with Crippen LogP contribution in [0.1, 0.15) is 26.7 Å². The van der Waals surface area contributed by atoms with Gasteiger partial charge in [0.1, 0.15) is 6.10 Å². The van der Waals surface area contributed by atoms with Crippen molar-refractivity contribution in [3.63, 3.8) is 0 Å². The van der Waals surface area contributed by atoms with Crippen molar-refractivity contribution in [1.82, 2.24) is 20.0 Å². The number of aliphatic imine (C=N–C) groups is 1. The molecule has 8 heteroatoms. The smallest absolute Gasteiger partial charge is 0.251 e. The van der Waals surface area contributed by atoms with E-state index in [1.165, 1.54) is 0 Å². The minimum atomic E-state index is -0.206. The van der Waals surface area contributed by atoms with Gasteiger partial charge in [0.2, 0.25) is 0 Å². The second kappa shape index (κ2) is 11.9. The third kappa shape index (κ3) is 6.90. The normalized spacial score (nSPS) is 21.4. The van der Waals surface area contributed by atoms with Crippen molar-refractivity contribution in [3.05, 3.63) is 0 Å². The fraction of sp³-hybridized carbons (Fsp3) is 0.882. The average molecular weight is 467 g/mol.